The molecule has 1 saturated heterocycles. The Kier molecular flexibility index (Phi) is 6.54. The minimum Gasteiger partial charge on any atom is -0.496 e. The Balaban J connectivity index is 1.27. The van der Waals surface area contributed by atoms with Crippen LogP contribution in [0.15, 0.2) is 72.8 Å². The van der Waals surface area contributed by atoms with Crippen molar-refractivity contribution in [1.29, 1.82) is 0 Å². The van der Waals surface area contributed by atoms with E-state index in [2.05, 4.69) is 58.7 Å². The standard InChI is InChI=1S/C29H32N2O3/c1-33-27-13-5-3-11-25(27)24-10-6-8-22(20-24)21-29(15-7-19-34-29)28(32)30-16-18-31-17-14-23-9-2-4-12-26(23)31/h2-6,8-13,20H,7,14-19,21H2,1H3,(H,30,32)/t29-/m0/s1. The summed E-state index contributed by atoms with van der Waals surface area (Å²) < 4.78 is 11.7. The van der Waals surface area contributed by atoms with Crippen molar-refractivity contribution in [3.05, 3.63) is 83.9 Å². The highest BCUT2D eigenvalue weighted by molar-refractivity contribution is 5.86. The maximum Gasteiger partial charge on any atom is 0.252 e. The van der Waals surface area contributed by atoms with Gasteiger partial charge < -0.3 is 19.7 Å². The van der Waals surface area contributed by atoms with Crippen LogP contribution >= 0.6 is 0 Å². The van der Waals surface area contributed by atoms with Gasteiger partial charge in [0.2, 0.25) is 0 Å². The third-order valence-electron chi connectivity index (χ3n) is 7.00. The summed E-state index contributed by atoms with van der Waals surface area (Å²) in [5.74, 6) is 0.841. The summed E-state index contributed by atoms with van der Waals surface area (Å²) in [6.45, 7) is 3.05. The number of nitrogens with one attached hydrogen (secondary N) is 1. The van der Waals surface area contributed by atoms with Gasteiger partial charge in [-0.1, -0.05) is 60.7 Å². The smallest absolute Gasteiger partial charge is 0.252 e. The van der Waals surface area contributed by atoms with E-state index in [9.17, 15) is 4.79 Å². The third-order valence-corrected chi connectivity index (χ3v) is 7.00. The van der Waals surface area contributed by atoms with Crippen LogP contribution in [0.4, 0.5) is 5.69 Å². The molecule has 0 spiro atoms. The molecule has 0 radical (unpaired) electrons. The molecule has 0 unspecified atom stereocenters. The number of nitrogens with zero attached hydrogens (tertiary/aromatic N) is 1. The van der Waals surface area contributed by atoms with Gasteiger partial charge in [0, 0.05) is 43.9 Å². The summed E-state index contributed by atoms with van der Waals surface area (Å²) >= 11 is 0. The Morgan fingerprint density at radius 1 is 1.09 bits per heavy atom. The van der Waals surface area contributed by atoms with E-state index in [1.54, 1.807) is 7.11 Å². The Hall–Kier alpha value is -3.31. The lowest BCUT2D eigenvalue weighted by atomic mass is 9.89. The molecule has 34 heavy (non-hydrogen) atoms. The van der Waals surface area contributed by atoms with Crippen LogP contribution in [-0.4, -0.2) is 44.9 Å². The number of anilines is 1. The first-order chi connectivity index (χ1) is 16.7. The molecular formula is C29H32N2O3. The molecule has 5 rings (SSSR count). The molecule has 5 heteroatoms. The van der Waals surface area contributed by atoms with Crippen LogP contribution < -0.4 is 15.0 Å². The molecule has 1 fully saturated rings. The predicted molar refractivity (Wildman–Crippen MR) is 135 cm³/mol. The average molecular weight is 457 g/mol. The molecular weight excluding hydrogens is 424 g/mol. The monoisotopic (exact) mass is 456 g/mol. The van der Waals surface area contributed by atoms with Crippen molar-refractivity contribution in [3.63, 3.8) is 0 Å². The van der Waals surface area contributed by atoms with Crippen LogP contribution in [-0.2, 0) is 22.4 Å². The summed E-state index contributed by atoms with van der Waals surface area (Å²) in [7, 11) is 1.69. The van der Waals surface area contributed by atoms with Gasteiger partial charge in [-0.25, -0.2) is 0 Å². The fourth-order valence-electron chi connectivity index (χ4n) is 5.26. The number of fused-ring (bicyclic) bond motifs is 1. The predicted octanol–water partition coefficient (Wildman–Crippen LogP) is 4.63. The number of methoxy groups -OCH3 is 1. The number of para-hydroxylation sites is 2. The van der Waals surface area contributed by atoms with Gasteiger partial charge >= 0.3 is 0 Å². The van der Waals surface area contributed by atoms with Crippen molar-refractivity contribution in [2.45, 2.75) is 31.3 Å². The minimum atomic E-state index is -0.803. The van der Waals surface area contributed by atoms with Gasteiger partial charge in [0.1, 0.15) is 5.75 Å². The number of amides is 1. The maximum atomic E-state index is 13.4. The van der Waals surface area contributed by atoms with E-state index in [0.717, 1.165) is 54.8 Å². The van der Waals surface area contributed by atoms with Crippen molar-refractivity contribution in [2.24, 2.45) is 0 Å². The quantitative estimate of drug-likeness (QED) is 0.537. The molecule has 0 aromatic heterocycles. The Bertz CT molecular complexity index is 1150. The number of benzene rings is 3. The second kappa shape index (κ2) is 9.90. The van der Waals surface area contributed by atoms with Crippen molar-refractivity contribution >= 4 is 11.6 Å². The lowest BCUT2D eigenvalue weighted by molar-refractivity contribution is -0.141. The lowest BCUT2D eigenvalue weighted by Crippen LogP contribution is -2.49. The molecule has 3 aromatic rings. The van der Waals surface area contributed by atoms with Crippen LogP contribution in [0.5, 0.6) is 5.75 Å². The first-order valence-electron chi connectivity index (χ1n) is 12.2. The molecule has 2 heterocycles. The van der Waals surface area contributed by atoms with Gasteiger partial charge in [-0.15, -0.1) is 0 Å². The van der Waals surface area contributed by atoms with Gasteiger partial charge in [0.05, 0.1) is 7.11 Å². The fraction of sp³-hybridized carbons (Fsp3) is 0.345. The number of hydrogen-bond donors (Lipinski definition) is 1. The second-order valence-electron chi connectivity index (χ2n) is 9.15. The van der Waals surface area contributed by atoms with Crippen LogP contribution in [0.3, 0.4) is 0 Å². The highest BCUT2D eigenvalue weighted by Crippen LogP contribution is 2.34. The van der Waals surface area contributed by atoms with E-state index in [4.69, 9.17) is 9.47 Å². The second-order valence-corrected chi connectivity index (χ2v) is 9.15. The molecule has 1 atom stereocenters. The van der Waals surface area contributed by atoms with Crippen LogP contribution in [0.2, 0.25) is 0 Å². The minimum absolute atomic E-state index is 0.000164. The van der Waals surface area contributed by atoms with E-state index in [-0.39, 0.29) is 5.91 Å². The van der Waals surface area contributed by atoms with E-state index in [1.807, 2.05) is 24.3 Å². The summed E-state index contributed by atoms with van der Waals surface area (Å²) in [5, 5.41) is 3.18. The van der Waals surface area contributed by atoms with E-state index >= 15 is 0 Å². The van der Waals surface area contributed by atoms with Crippen molar-refractivity contribution in [3.8, 4) is 16.9 Å². The fourth-order valence-corrected chi connectivity index (χ4v) is 5.26. The zero-order valence-electron chi connectivity index (χ0n) is 19.8. The summed E-state index contributed by atoms with van der Waals surface area (Å²) in [5.41, 5.74) is 5.09. The number of carbonyl (C=O) groups excluding carboxylic acids is 1. The lowest BCUT2D eigenvalue weighted by Gasteiger charge is -2.28. The van der Waals surface area contributed by atoms with E-state index < -0.39 is 5.60 Å². The van der Waals surface area contributed by atoms with Gasteiger partial charge in [-0.05, 0) is 48.1 Å². The molecule has 2 aliphatic rings. The molecule has 176 valence electrons. The van der Waals surface area contributed by atoms with Crippen molar-refractivity contribution in [1.82, 2.24) is 5.32 Å². The zero-order chi connectivity index (χ0) is 23.4. The van der Waals surface area contributed by atoms with Crippen molar-refractivity contribution in [2.75, 3.05) is 38.3 Å². The van der Waals surface area contributed by atoms with Gasteiger partial charge in [0.25, 0.3) is 5.91 Å². The van der Waals surface area contributed by atoms with Crippen molar-refractivity contribution < 1.29 is 14.3 Å². The number of rotatable bonds is 8. The third kappa shape index (κ3) is 4.53. The summed E-state index contributed by atoms with van der Waals surface area (Å²) in [4.78, 5) is 15.7. The first kappa shape index (κ1) is 22.5. The number of ether oxygens (including phenoxy) is 2. The SMILES string of the molecule is COc1ccccc1-c1cccc(C[C@]2(C(=O)NCCN3CCc4ccccc43)CCCO2)c1. The molecule has 0 saturated carbocycles. The summed E-state index contributed by atoms with van der Waals surface area (Å²) in [6, 6.07) is 24.9. The highest BCUT2D eigenvalue weighted by Gasteiger charge is 2.42. The highest BCUT2D eigenvalue weighted by atomic mass is 16.5. The summed E-state index contributed by atoms with van der Waals surface area (Å²) in [6.07, 6.45) is 3.28. The van der Waals surface area contributed by atoms with Crippen LogP contribution in [0.25, 0.3) is 11.1 Å². The topological polar surface area (TPSA) is 50.8 Å². The molecule has 3 aromatic carbocycles. The Labute approximate surface area is 201 Å². The molecule has 1 amide bonds. The van der Waals surface area contributed by atoms with Gasteiger partial charge in [0.15, 0.2) is 5.60 Å². The molecule has 5 nitrogen and oxygen atoms in total. The molecule has 0 aliphatic carbocycles. The first-order valence-corrected chi connectivity index (χ1v) is 12.2. The maximum absolute atomic E-state index is 13.4. The largest absolute Gasteiger partial charge is 0.496 e. The van der Waals surface area contributed by atoms with E-state index in [1.165, 1.54) is 11.3 Å². The molecule has 0 bridgehead atoms. The molecule has 1 N–H and O–H groups in total. The average Bonchev–Trinajstić information content (AvgIpc) is 3.52. The van der Waals surface area contributed by atoms with Crippen LogP contribution in [0.1, 0.15) is 24.0 Å². The Morgan fingerprint density at radius 3 is 2.79 bits per heavy atom. The number of hydrogen-bond acceptors (Lipinski definition) is 4. The zero-order valence-corrected chi connectivity index (χ0v) is 19.8. The van der Waals surface area contributed by atoms with Gasteiger partial charge in [-0.2, -0.15) is 0 Å². The molecule has 2 aliphatic heterocycles. The van der Waals surface area contributed by atoms with E-state index in [0.29, 0.717) is 19.6 Å². The normalized spacial score (nSPS) is 19.1. The Morgan fingerprint density at radius 2 is 1.94 bits per heavy atom. The van der Waals surface area contributed by atoms with Crippen LogP contribution in [0, 0.1) is 0 Å². The van der Waals surface area contributed by atoms with Gasteiger partial charge in [-0.3, -0.25) is 4.79 Å². The number of carbonyl (C=O) groups is 1.